The van der Waals surface area contributed by atoms with E-state index in [0.29, 0.717) is 23.4 Å². The maximum atomic E-state index is 13.1. The van der Waals surface area contributed by atoms with Gasteiger partial charge in [-0.1, -0.05) is 17.7 Å². The first-order chi connectivity index (χ1) is 13.8. The molecule has 0 atom stereocenters. The minimum Gasteiger partial charge on any atom is -0.325 e. The van der Waals surface area contributed by atoms with Crippen molar-refractivity contribution < 1.29 is 17.6 Å². The number of anilines is 1. The van der Waals surface area contributed by atoms with Gasteiger partial charge in [-0.15, -0.1) is 0 Å². The molecule has 1 saturated heterocycles. The van der Waals surface area contributed by atoms with Gasteiger partial charge >= 0.3 is 0 Å². The number of nitrogens with zero attached hydrogens (tertiary/aromatic N) is 1. The first-order valence-corrected chi connectivity index (χ1v) is 11.5. The molecule has 1 N–H and O–H groups in total. The van der Waals surface area contributed by atoms with Crippen LogP contribution in [0.15, 0.2) is 41.3 Å². The number of halogens is 2. The molecule has 29 heavy (non-hydrogen) atoms. The van der Waals surface area contributed by atoms with E-state index in [2.05, 4.69) is 5.32 Å². The summed E-state index contributed by atoms with van der Waals surface area (Å²) in [7, 11) is -3.56. The van der Waals surface area contributed by atoms with Crippen molar-refractivity contribution in [3.05, 3.63) is 58.4 Å². The van der Waals surface area contributed by atoms with E-state index in [1.807, 2.05) is 6.07 Å². The second kappa shape index (κ2) is 8.05. The molecule has 8 heteroatoms. The number of benzene rings is 2. The van der Waals surface area contributed by atoms with Crippen LogP contribution in [0.25, 0.3) is 0 Å². The Hall–Kier alpha value is -1.96. The number of carbonyl (C=O) groups excluding carboxylic acids is 1. The number of nitrogens with one attached hydrogen (secondary N) is 1. The molecule has 2 aromatic rings. The van der Waals surface area contributed by atoms with Crippen molar-refractivity contribution in [2.45, 2.75) is 37.0 Å². The molecule has 4 rings (SSSR count). The predicted octanol–water partition coefficient (Wildman–Crippen LogP) is 4.01. The van der Waals surface area contributed by atoms with E-state index in [9.17, 15) is 17.6 Å². The van der Waals surface area contributed by atoms with Crippen LogP contribution in [0.3, 0.4) is 0 Å². The van der Waals surface area contributed by atoms with Gasteiger partial charge in [0.15, 0.2) is 0 Å². The summed E-state index contributed by atoms with van der Waals surface area (Å²) in [6.07, 6.45) is 3.85. The third-order valence-corrected chi connectivity index (χ3v) is 7.93. The zero-order valence-electron chi connectivity index (χ0n) is 15.8. The summed E-state index contributed by atoms with van der Waals surface area (Å²) >= 11 is 5.96. The Morgan fingerprint density at radius 3 is 2.52 bits per heavy atom. The Morgan fingerprint density at radius 2 is 1.79 bits per heavy atom. The number of hydrogen-bond acceptors (Lipinski definition) is 3. The van der Waals surface area contributed by atoms with Crippen molar-refractivity contribution in [3.63, 3.8) is 0 Å². The van der Waals surface area contributed by atoms with Gasteiger partial charge in [-0.25, -0.2) is 12.8 Å². The number of hydrogen-bond donors (Lipinski definition) is 1. The highest BCUT2D eigenvalue weighted by Gasteiger charge is 2.32. The second-order valence-electron chi connectivity index (χ2n) is 7.58. The van der Waals surface area contributed by atoms with E-state index in [4.69, 9.17) is 11.6 Å². The van der Waals surface area contributed by atoms with Crippen molar-refractivity contribution in [2.24, 2.45) is 5.92 Å². The first-order valence-electron chi connectivity index (χ1n) is 9.72. The van der Waals surface area contributed by atoms with Crippen LogP contribution >= 0.6 is 11.6 Å². The predicted molar refractivity (Wildman–Crippen MR) is 110 cm³/mol. The Kier molecular flexibility index (Phi) is 5.64. The van der Waals surface area contributed by atoms with Gasteiger partial charge in [0.25, 0.3) is 0 Å². The molecule has 0 unspecified atom stereocenters. The average Bonchev–Trinajstić information content (AvgIpc) is 3.18. The molecule has 0 bridgehead atoms. The maximum Gasteiger partial charge on any atom is 0.243 e. The number of aryl methyl sites for hydroxylation is 2. The van der Waals surface area contributed by atoms with Crippen LogP contribution in [0.5, 0.6) is 0 Å². The quantitative estimate of drug-likeness (QED) is 0.787. The standard InChI is InChI=1S/C21H22ClFN2O3S/c22-19-13-17(23)5-7-20(19)24-21(26)15-8-10-25(11-9-15)29(27,28)18-6-4-14-2-1-3-16(14)12-18/h4-7,12-13,15H,1-3,8-11H2,(H,24,26). The Morgan fingerprint density at radius 1 is 1.07 bits per heavy atom. The molecule has 1 aliphatic heterocycles. The summed E-state index contributed by atoms with van der Waals surface area (Å²) in [5.74, 6) is -1.02. The molecule has 1 fully saturated rings. The Bertz CT molecular complexity index is 1050. The van der Waals surface area contributed by atoms with Gasteiger partial charge in [0.05, 0.1) is 15.6 Å². The maximum absolute atomic E-state index is 13.1. The van der Waals surface area contributed by atoms with Crippen molar-refractivity contribution in [2.75, 3.05) is 18.4 Å². The SMILES string of the molecule is O=C(Nc1ccc(F)cc1Cl)C1CCN(S(=O)(=O)c2ccc3c(c2)CCC3)CC1. The van der Waals surface area contributed by atoms with E-state index in [-0.39, 0.29) is 29.9 Å². The molecule has 0 saturated carbocycles. The molecule has 2 aliphatic rings. The lowest BCUT2D eigenvalue weighted by Gasteiger charge is -2.30. The van der Waals surface area contributed by atoms with Gasteiger partial charge in [0.2, 0.25) is 15.9 Å². The summed E-state index contributed by atoms with van der Waals surface area (Å²) in [5, 5.41) is 2.85. The summed E-state index contributed by atoms with van der Waals surface area (Å²) < 4.78 is 40.6. The van der Waals surface area contributed by atoms with Crippen LogP contribution in [-0.2, 0) is 27.7 Å². The van der Waals surface area contributed by atoms with E-state index < -0.39 is 15.8 Å². The molecular weight excluding hydrogens is 415 g/mol. The van der Waals surface area contributed by atoms with Crippen molar-refractivity contribution >= 4 is 33.2 Å². The molecule has 1 heterocycles. The number of amides is 1. The van der Waals surface area contributed by atoms with Crippen LogP contribution in [0.2, 0.25) is 5.02 Å². The Balaban J connectivity index is 1.40. The molecule has 1 amide bonds. The fourth-order valence-corrected chi connectivity index (χ4v) is 5.78. The lowest BCUT2D eigenvalue weighted by molar-refractivity contribution is -0.120. The summed E-state index contributed by atoms with van der Waals surface area (Å²) in [5.41, 5.74) is 2.71. The largest absolute Gasteiger partial charge is 0.325 e. The fraction of sp³-hybridized carbons (Fsp3) is 0.381. The zero-order valence-corrected chi connectivity index (χ0v) is 17.4. The van der Waals surface area contributed by atoms with Crippen LogP contribution in [0.1, 0.15) is 30.4 Å². The summed E-state index contributed by atoms with van der Waals surface area (Å²) in [6.45, 7) is 0.573. The molecule has 0 aromatic heterocycles. The first kappa shape index (κ1) is 20.3. The van der Waals surface area contributed by atoms with Gasteiger partial charge < -0.3 is 5.32 Å². The molecule has 0 radical (unpaired) electrons. The van der Waals surface area contributed by atoms with Crippen LogP contribution in [-0.4, -0.2) is 31.7 Å². The number of rotatable bonds is 4. The highest BCUT2D eigenvalue weighted by atomic mass is 35.5. The number of carbonyl (C=O) groups is 1. The average molecular weight is 437 g/mol. The lowest BCUT2D eigenvalue weighted by Crippen LogP contribution is -2.41. The highest BCUT2D eigenvalue weighted by Crippen LogP contribution is 2.29. The number of piperidine rings is 1. The fourth-order valence-electron chi connectivity index (χ4n) is 4.04. The minimum atomic E-state index is -3.56. The van der Waals surface area contributed by atoms with Gasteiger partial charge in [0.1, 0.15) is 5.82 Å². The molecule has 154 valence electrons. The summed E-state index contributed by atoms with van der Waals surface area (Å²) in [4.78, 5) is 12.9. The van der Waals surface area contributed by atoms with Gasteiger partial charge in [0, 0.05) is 19.0 Å². The van der Waals surface area contributed by atoms with E-state index in [1.165, 1.54) is 22.0 Å². The van der Waals surface area contributed by atoms with Crippen molar-refractivity contribution in [3.8, 4) is 0 Å². The van der Waals surface area contributed by atoms with Gasteiger partial charge in [-0.05, 0) is 73.6 Å². The molecule has 1 aliphatic carbocycles. The third-order valence-electron chi connectivity index (χ3n) is 5.72. The van der Waals surface area contributed by atoms with Gasteiger partial charge in [-0.2, -0.15) is 4.31 Å². The second-order valence-corrected chi connectivity index (χ2v) is 9.92. The van der Waals surface area contributed by atoms with Crippen LogP contribution < -0.4 is 5.32 Å². The monoisotopic (exact) mass is 436 g/mol. The normalized spacial score (nSPS) is 17.9. The highest BCUT2D eigenvalue weighted by molar-refractivity contribution is 7.89. The topological polar surface area (TPSA) is 66.5 Å². The molecular formula is C21H22ClFN2O3S. The Labute approximate surface area is 174 Å². The molecule has 5 nitrogen and oxygen atoms in total. The minimum absolute atomic E-state index is 0.134. The van der Waals surface area contributed by atoms with E-state index in [0.717, 1.165) is 30.9 Å². The number of fused-ring (bicyclic) bond motifs is 1. The third kappa shape index (κ3) is 4.17. The van der Waals surface area contributed by atoms with E-state index >= 15 is 0 Å². The van der Waals surface area contributed by atoms with Gasteiger partial charge in [-0.3, -0.25) is 4.79 Å². The van der Waals surface area contributed by atoms with Crippen molar-refractivity contribution in [1.82, 2.24) is 4.31 Å². The number of sulfonamides is 1. The van der Waals surface area contributed by atoms with Crippen LogP contribution in [0, 0.1) is 11.7 Å². The lowest BCUT2D eigenvalue weighted by atomic mass is 9.97. The van der Waals surface area contributed by atoms with Crippen molar-refractivity contribution in [1.29, 1.82) is 0 Å². The molecule has 2 aromatic carbocycles. The smallest absolute Gasteiger partial charge is 0.243 e. The summed E-state index contributed by atoms with van der Waals surface area (Å²) in [6, 6.07) is 9.20. The zero-order chi connectivity index (χ0) is 20.6. The molecule has 0 spiro atoms. The van der Waals surface area contributed by atoms with E-state index in [1.54, 1.807) is 12.1 Å². The van der Waals surface area contributed by atoms with Crippen LogP contribution in [0.4, 0.5) is 10.1 Å².